The number of anilines is 3. The molecule has 2 N–H and O–H groups in total. The van der Waals surface area contributed by atoms with E-state index in [0.29, 0.717) is 30.5 Å². The van der Waals surface area contributed by atoms with Crippen LogP contribution in [0, 0.1) is 5.82 Å². The molecule has 1 aromatic carbocycles. The van der Waals surface area contributed by atoms with E-state index < -0.39 is 0 Å². The first-order valence-electron chi connectivity index (χ1n) is 6.93. The van der Waals surface area contributed by atoms with Crippen molar-refractivity contribution in [3.05, 3.63) is 36.4 Å². The Hall–Kier alpha value is -2.37. The number of hydrogen-bond donors (Lipinski definition) is 1. The average Bonchev–Trinajstić information content (AvgIpc) is 2.50. The molecule has 2 aromatic rings. The minimum absolute atomic E-state index is 0.280. The minimum Gasteiger partial charge on any atom is -0.476 e. The molecule has 0 aliphatic rings. The molecule has 0 aliphatic heterocycles. The maximum Gasteiger partial charge on any atom is 0.242 e. The van der Waals surface area contributed by atoms with Crippen molar-refractivity contribution in [3.8, 4) is 5.88 Å². The summed E-state index contributed by atoms with van der Waals surface area (Å²) in [5.41, 5.74) is 7.30. The summed E-state index contributed by atoms with van der Waals surface area (Å²) in [7, 11) is 0. The smallest absolute Gasteiger partial charge is 0.242 e. The van der Waals surface area contributed by atoms with Gasteiger partial charge >= 0.3 is 0 Å². The van der Waals surface area contributed by atoms with Crippen LogP contribution in [0.2, 0.25) is 0 Å². The largest absolute Gasteiger partial charge is 0.476 e. The summed E-state index contributed by atoms with van der Waals surface area (Å²) in [5, 5.41) is 0. The van der Waals surface area contributed by atoms with Gasteiger partial charge in [0, 0.05) is 12.2 Å². The van der Waals surface area contributed by atoms with Gasteiger partial charge < -0.3 is 15.4 Å². The molecular formula is C15H19FN4O. The fourth-order valence-electron chi connectivity index (χ4n) is 1.98. The predicted octanol–water partition coefficient (Wildman–Crippen LogP) is 3.14. The molecule has 5 nitrogen and oxygen atoms in total. The first kappa shape index (κ1) is 15.0. The molecule has 0 unspecified atom stereocenters. The predicted molar refractivity (Wildman–Crippen MR) is 81.3 cm³/mol. The van der Waals surface area contributed by atoms with Gasteiger partial charge in [-0.1, -0.05) is 6.92 Å². The zero-order chi connectivity index (χ0) is 15.2. The van der Waals surface area contributed by atoms with Crippen molar-refractivity contribution in [1.82, 2.24) is 9.97 Å². The van der Waals surface area contributed by atoms with Gasteiger partial charge in [0.05, 0.1) is 6.61 Å². The van der Waals surface area contributed by atoms with Crippen LogP contribution in [0.4, 0.5) is 21.6 Å². The van der Waals surface area contributed by atoms with Crippen LogP contribution in [0.5, 0.6) is 5.88 Å². The summed E-state index contributed by atoms with van der Waals surface area (Å²) in [6.07, 6.45) is 2.29. The van der Waals surface area contributed by atoms with Gasteiger partial charge in [0.2, 0.25) is 5.88 Å². The third-order valence-corrected chi connectivity index (χ3v) is 2.98. The number of halogens is 1. The lowest BCUT2D eigenvalue weighted by atomic mass is 10.2. The summed E-state index contributed by atoms with van der Waals surface area (Å²) in [6.45, 7) is 5.16. The van der Waals surface area contributed by atoms with Gasteiger partial charge in [-0.25, -0.2) is 9.37 Å². The second kappa shape index (κ2) is 6.88. The highest BCUT2D eigenvalue weighted by atomic mass is 19.1. The van der Waals surface area contributed by atoms with Gasteiger partial charge in [-0.2, -0.15) is 4.98 Å². The lowest BCUT2D eigenvalue weighted by molar-refractivity contribution is 0.306. The molecule has 0 amide bonds. The van der Waals surface area contributed by atoms with Crippen LogP contribution in [0.3, 0.4) is 0 Å². The number of nitrogens with two attached hydrogens (primary N) is 1. The first-order chi connectivity index (χ1) is 10.2. The lowest BCUT2D eigenvalue weighted by Crippen LogP contribution is -2.19. The highest BCUT2D eigenvalue weighted by Crippen LogP contribution is 2.32. The number of ether oxygens (including phenoxy) is 1. The Morgan fingerprint density at radius 2 is 1.90 bits per heavy atom. The van der Waals surface area contributed by atoms with Gasteiger partial charge in [-0.15, -0.1) is 0 Å². The van der Waals surface area contributed by atoms with Crippen LogP contribution in [-0.4, -0.2) is 23.1 Å². The Labute approximate surface area is 123 Å². The molecule has 112 valence electrons. The van der Waals surface area contributed by atoms with Crippen molar-refractivity contribution in [2.24, 2.45) is 0 Å². The highest BCUT2D eigenvalue weighted by Gasteiger charge is 2.16. The third-order valence-electron chi connectivity index (χ3n) is 2.98. The summed E-state index contributed by atoms with van der Waals surface area (Å²) >= 11 is 0. The maximum atomic E-state index is 13.1. The van der Waals surface area contributed by atoms with Crippen molar-refractivity contribution in [1.29, 1.82) is 0 Å². The zero-order valence-electron chi connectivity index (χ0n) is 12.2. The fraction of sp³-hybridized carbons (Fsp3) is 0.333. The molecule has 0 spiro atoms. The monoisotopic (exact) mass is 290 g/mol. The number of aromatic nitrogens is 2. The molecule has 0 bridgehead atoms. The molecule has 1 heterocycles. The minimum atomic E-state index is -0.280. The third kappa shape index (κ3) is 3.39. The zero-order valence-corrected chi connectivity index (χ0v) is 12.2. The van der Waals surface area contributed by atoms with E-state index in [-0.39, 0.29) is 5.82 Å². The van der Waals surface area contributed by atoms with Crippen molar-refractivity contribution in [3.63, 3.8) is 0 Å². The fourth-order valence-corrected chi connectivity index (χ4v) is 1.98. The summed E-state index contributed by atoms with van der Waals surface area (Å²) in [6, 6.07) is 6.19. The van der Waals surface area contributed by atoms with E-state index in [1.165, 1.54) is 18.5 Å². The van der Waals surface area contributed by atoms with Gasteiger partial charge in [0.15, 0.2) is 5.82 Å². The standard InChI is InChI=1S/C15H19FN4O/c1-3-9-21-15-13(17)14(18-10-19-15)20(4-2)12-7-5-11(16)6-8-12/h5-8,10H,3-4,9,17H2,1-2H3. The first-order valence-corrected chi connectivity index (χ1v) is 6.93. The van der Waals surface area contributed by atoms with Crippen molar-refractivity contribution in [2.75, 3.05) is 23.8 Å². The Morgan fingerprint density at radius 3 is 2.52 bits per heavy atom. The summed E-state index contributed by atoms with van der Waals surface area (Å²) in [4.78, 5) is 10.2. The topological polar surface area (TPSA) is 64.3 Å². The molecule has 0 saturated carbocycles. The highest BCUT2D eigenvalue weighted by molar-refractivity contribution is 5.74. The Balaban J connectivity index is 2.35. The van der Waals surface area contributed by atoms with Crippen LogP contribution < -0.4 is 15.4 Å². The van der Waals surface area contributed by atoms with E-state index in [4.69, 9.17) is 10.5 Å². The SMILES string of the molecule is CCCOc1ncnc(N(CC)c2ccc(F)cc2)c1N. The van der Waals surface area contributed by atoms with Gasteiger partial charge in [-0.05, 0) is 37.6 Å². The van der Waals surface area contributed by atoms with Gasteiger partial charge in [0.1, 0.15) is 17.8 Å². The van der Waals surface area contributed by atoms with Crippen molar-refractivity contribution < 1.29 is 9.13 Å². The lowest BCUT2D eigenvalue weighted by Gasteiger charge is -2.23. The van der Waals surface area contributed by atoms with Crippen LogP contribution in [0.1, 0.15) is 20.3 Å². The number of nitrogens with zero attached hydrogens (tertiary/aromatic N) is 3. The molecule has 0 fully saturated rings. The molecular weight excluding hydrogens is 271 g/mol. The van der Waals surface area contributed by atoms with E-state index in [1.807, 2.05) is 18.7 Å². The van der Waals surface area contributed by atoms with Crippen LogP contribution in [-0.2, 0) is 0 Å². The summed E-state index contributed by atoms with van der Waals surface area (Å²) in [5.74, 6) is 0.657. The summed E-state index contributed by atoms with van der Waals surface area (Å²) < 4.78 is 18.6. The van der Waals surface area contributed by atoms with Crippen molar-refractivity contribution >= 4 is 17.2 Å². The Kier molecular flexibility index (Phi) is 4.92. The van der Waals surface area contributed by atoms with Gasteiger partial charge in [0.25, 0.3) is 0 Å². The molecule has 0 aliphatic carbocycles. The van der Waals surface area contributed by atoms with E-state index in [2.05, 4.69) is 9.97 Å². The van der Waals surface area contributed by atoms with E-state index in [1.54, 1.807) is 12.1 Å². The number of hydrogen-bond acceptors (Lipinski definition) is 5. The molecule has 1 aromatic heterocycles. The van der Waals surface area contributed by atoms with Gasteiger partial charge in [-0.3, -0.25) is 0 Å². The van der Waals surface area contributed by atoms with Crippen LogP contribution in [0.15, 0.2) is 30.6 Å². The Bertz CT molecular complexity index is 589. The number of nitrogen functional groups attached to an aromatic ring is 1. The molecule has 6 heteroatoms. The molecule has 0 saturated heterocycles. The number of benzene rings is 1. The second-order valence-corrected chi connectivity index (χ2v) is 4.49. The molecule has 21 heavy (non-hydrogen) atoms. The van der Waals surface area contributed by atoms with E-state index >= 15 is 0 Å². The van der Waals surface area contributed by atoms with Crippen LogP contribution >= 0.6 is 0 Å². The Morgan fingerprint density at radius 1 is 1.19 bits per heavy atom. The van der Waals surface area contributed by atoms with Crippen molar-refractivity contribution in [2.45, 2.75) is 20.3 Å². The van der Waals surface area contributed by atoms with E-state index in [9.17, 15) is 4.39 Å². The normalized spacial score (nSPS) is 10.4. The average molecular weight is 290 g/mol. The quantitative estimate of drug-likeness (QED) is 0.885. The number of rotatable bonds is 6. The molecule has 2 rings (SSSR count). The molecule has 0 atom stereocenters. The second-order valence-electron chi connectivity index (χ2n) is 4.49. The maximum absolute atomic E-state index is 13.1. The van der Waals surface area contributed by atoms with E-state index in [0.717, 1.165) is 12.1 Å². The van der Waals surface area contributed by atoms with Crippen LogP contribution in [0.25, 0.3) is 0 Å². The molecule has 0 radical (unpaired) electrons.